The Balaban J connectivity index is 1.70. The highest BCUT2D eigenvalue weighted by molar-refractivity contribution is 5.79. The minimum atomic E-state index is -0.232. The molecule has 0 saturated carbocycles. The third-order valence-electron chi connectivity index (χ3n) is 5.55. The molecule has 2 aliphatic heterocycles. The van der Waals surface area contributed by atoms with Crippen LogP contribution in [0.5, 0.6) is 0 Å². The predicted octanol–water partition coefficient (Wildman–Crippen LogP) is 2.82. The SMILES string of the molecule is COCCN1CCCC2(CCC(=O)N2Cc2ccc(F)cc2)CC1. The molecule has 4 nitrogen and oxygen atoms in total. The lowest BCUT2D eigenvalue weighted by Crippen LogP contribution is -2.46. The smallest absolute Gasteiger partial charge is 0.223 e. The Morgan fingerprint density at radius 1 is 1.17 bits per heavy atom. The normalized spacial score (nSPS) is 25.4. The number of nitrogens with zero attached hydrogens (tertiary/aromatic N) is 2. The van der Waals surface area contributed by atoms with Crippen LogP contribution in [-0.4, -0.2) is 54.6 Å². The van der Waals surface area contributed by atoms with Gasteiger partial charge in [0.2, 0.25) is 5.91 Å². The molecule has 0 bridgehead atoms. The van der Waals surface area contributed by atoms with Gasteiger partial charge in [-0.15, -0.1) is 0 Å². The molecular formula is C19H27FN2O2. The highest BCUT2D eigenvalue weighted by atomic mass is 19.1. The second kappa shape index (κ2) is 7.62. The van der Waals surface area contributed by atoms with Crippen LogP contribution >= 0.6 is 0 Å². The number of carbonyl (C=O) groups excluding carboxylic acids is 1. The number of hydrogen-bond acceptors (Lipinski definition) is 3. The van der Waals surface area contributed by atoms with E-state index in [1.54, 1.807) is 19.2 Å². The summed E-state index contributed by atoms with van der Waals surface area (Å²) in [6.45, 7) is 4.39. The molecule has 2 saturated heterocycles. The first-order chi connectivity index (χ1) is 11.6. The van der Waals surface area contributed by atoms with E-state index in [9.17, 15) is 9.18 Å². The van der Waals surface area contributed by atoms with Crippen LogP contribution in [0, 0.1) is 5.82 Å². The zero-order valence-corrected chi connectivity index (χ0v) is 14.5. The Kier molecular flexibility index (Phi) is 5.51. The van der Waals surface area contributed by atoms with Gasteiger partial charge in [0.1, 0.15) is 5.82 Å². The molecule has 0 N–H and O–H groups in total. The number of ether oxygens (including phenoxy) is 1. The van der Waals surface area contributed by atoms with Crippen molar-refractivity contribution < 1.29 is 13.9 Å². The van der Waals surface area contributed by atoms with Crippen molar-refractivity contribution in [2.24, 2.45) is 0 Å². The van der Waals surface area contributed by atoms with Crippen LogP contribution in [0.15, 0.2) is 24.3 Å². The molecule has 0 aromatic heterocycles. The van der Waals surface area contributed by atoms with Crippen molar-refractivity contribution in [1.82, 2.24) is 9.80 Å². The first-order valence-electron chi connectivity index (χ1n) is 8.89. The van der Waals surface area contributed by atoms with Crippen LogP contribution < -0.4 is 0 Å². The number of methoxy groups -OCH3 is 1. The minimum absolute atomic E-state index is 0.0205. The third-order valence-corrected chi connectivity index (χ3v) is 5.55. The van der Waals surface area contributed by atoms with E-state index < -0.39 is 0 Å². The quantitative estimate of drug-likeness (QED) is 0.830. The first kappa shape index (κ1) is 17.4. The molecular weight excluding hydrogens is 307 g/mol. The Hall–Kier alpha value is -1.46. The molecule has 1 aromatic carbocycles. The van der Waals surface area contributed by atoms with Gasteiger partial charge < -0.3 is 14.5 Å². The fourth-order valence-corrected chi connectivity index (χ4v) is 4.10. The number of likely N-dealkylation sites (tertiary alicyclic amines) is 2. The maximum absolute atomic E-state index is 13.1. The molecule has 1 aromatic rings. The lowest BCUT2D eigenvalue weighted by atomic mass is 9.87. The van der Waals surface area contributed by atoms with Gasteiger partial charge in [0, 0.05) is 38.7 Å². The van der Waals surface area contributed by atoms with Gasteiger partial charge in [0.15, 0.2) is 0 Å². The molecule has 24 heavy (non-hydrogen) atoms. The van der Waals surface area contributed by atoms with Crippen LogP contribution in [0.4, 0.5) is 4.39 Å². The van der Waals surface area contributed by atoms with Crippen LogP contribution in [0.25, 0.3) is 0 Å². The lowest BCUT2D eigenvalue weighted by Gasteiger charge is -2.38. The number of carbonyl (C=O) groups is 1. The van der Waals surface area contributed by atoms with Crippen LogP contribution in [0.3, 0.4) is 0 Å². The Morgan fingerprint density at radius 3 is 2.71 bits per heavy atom. The van der Waals surface area contributed by atoms with Gasteiger partial charge >= 0.3 is 0 Å². The van der Waals surface area contributed by atoms with Crippen molar-refractivity contribution in [3.05, 3.63) is 35.6 Å². The monoisotopic (exact) mass is 334 g/mol. The van der Waals surface area contributed by atoms with Crippen LogP contribution in [0.2, 0.25) is 0 Å². The summed E-state index contributed by atoms with van der Waals surface area (Å²) in [7, 11) is 1.74. The van der Waals surface area contributed by atoms with E-state index in [1.807, 2.05) is 0 Å². The summed E-state index contributed by atoms with van der Waals surface area (Å²) < 4.78 is 18.3. The number of hydrogen-bond donors (Lipinski definition) is 0. The average Bonchev–Trinajstić information content (AvgIpc) is 2.76. The van der Waals surface area contributed by atoms with E-state index in [4.69, 9.17) is 4.74 Å². The number of halogens is 1. The summed E-state index contributed by atoms with van der Waals surface area (Å²) in [4.78, 5) is 17.0. The van der Waals surface area contributed by atoms with Crippen molar-refractivity contribution in [1.29, 1.82) is 0 Å². The average molecular weight is 334 g/mol. The van der Waals surface area contributed by atoms with Gasteiger partial charge in [0.05, 0.1) is 6.61 Å². The largest absolute Gasteiger partial charge is 0.383 e. The molecule has 0 radical (unpaired) electrons. The Morgan fingerprint density at radius 2 is 1.96 bits per heavy atom. The molecule has 1 unspecified atom stereocenters. The summed E-state index contributed by atoms with van der Waals surface area (Å²) >= 11 is 0. The molecule has 2 aliphatic rings. The van der Waals surface area contributed by atoms with Crippen molar-refractivity contribution in [3.63, 3.8) is 0 Å². The van der Waals surface area contributed by atoms with Crippen LogP contribution in [-0.2, 0) is 16.1 Å². The first-order valence-corrected chi connectivity index (χ1v) is 8.89. The summed E-state index contributed by atoms with van der Waals surface area (Å²) in [5.41, 5.74) is 0.985. The second-order valence-corrected chi connectivity index (χ2v) is 7.02. The summed E-state index contributed by atoms with van der Waals surface area (Å²) in [5, 5.41) is 0. The molecule has 1 spiro atoms. The van der Waals surface area contributed by atoms with E-state index >= 15 is 0 Å². The topological polar surface area (TPSA) is 32.8 Å². The third kappa shape index (κ3) is 3.78. The Bertz CT molecular complexity index is 563. The predicted molar refractivity (Wildman–Crippen MR) is 91.1 cm³/mol. The van der Waals surface area contributed by atoms with Crippen molar-refractivity contribution in [2.75, 3.05) is 33.4 Å². The zero-order valence-electron chi connectivity index (χ0n) is 14.5. The Labute approximate surface area is 143 Å². The number of rotatable bonds is 5. The van der Waals surface area contributed by atoms with Crippen molar-refractivity contribution in [3.8, 4) is 0 Å². The lowest BCUT2D eigenvalue weighted by molar-refractivity contribution is -0.132. The van der Waals surface area contributed by atoms with E-state index in [0.717, 1.165) is 57.5 Å². The van der Waals surface area contributed by atoms with E-state index in [2.05, 4.69) is 9.80 Å². The summed E-state index contributed by atoms with van der Waals surface area (Å²) in [6, 6.07) is 6.52. The fourth-order valence-electron chi connectivity index (χ4n) is 4.10. The van der Waals surface area contributed by atoms with Crippen LogP contribution in [0.1, 0.15) is 37.7 Å². The van der Waals surface area contributed by atoms with E-state index in [-0.39, 0.29) is 17.3 Å². The molecule has 2 heterocycles. The molecule has 5 heteroatoms. The minimum Gasteiger partial charge on any atom is -0.383 e. The van der Waals surface area contributed by atoms with Gasteiger partial charge in [-0.2, -0.15) is 0 Å². The van der Waals surface area contributed by atoms with E-state index in [1.165, 1.54) is 12.1 Å². The summed E-state index contributed by atoms with van der Waals surface area (Å²) in [6.07, 6.45) is 4.77. The van der Waals surface area contributed by atoms with Gasteiger partial charge in [-0.05, 0) is 49.9 Å². The molecule has 2 fully saturated rings. The molecule has 1 atom stereocenters. The van der Waals surface area contributed by atoms with Gasteiger partial charge in [-0.1, -0.05) is 12.1 Å². The van der Waals surface area contributed by atoms with Gasteiger partial charge in [-0.3, -0.25) is 4.79 Å². The maximum Gasteiger partial charge on any atom is 0.223 e. The highest BCUT2D eigenvalue weighted by Gasteiger charge is 2.45. The standard InChI is InChI=1S/C19H27FN2O2/c1-24-14-13-21-11-2-8-19(10-12-21)9-7-18(23)22(19)15-16-3-5-17(20)6-4-16/h3-6H,2,7-15H2,1H3. The fraction of sp³-hybridized carbons (Fsp3) is 0.632. The highest BCUT2D eigenvalue weighted by Crippen LogP contribution is 2.40. The van der Waals surface area contributed by atoms with E-state index in [0.29, 0.717) is 13.0 Å². The summed E-state index contributed by atoms with van der Waals surface area (Å²) in [5.74, 6) is 0.00845. The molecule has 0 aliphatic carbocycles. The molecule has 132 valence electrons. The maximum atomic E-state index is 13.1. The number of amides is 1. The van der Waals surface area contributed by atoms with Gasteiger partial charge in [0.25, 0.3) is 0 Å². The number of benzene rings is 1. The zero-order chi connectivity index (χ0) is 17.0. The van der Waals surface area contributed by atoms with Crippen molar-refractivity contribution >= 4 is 5.91 Å². The second-order valence-electron chi connectivity index (χ2n) is 7.02. The molecule has 3 rings (SSSR count). The van der Waals surface area contributed by atoms with Gasteiger partial charge in [-0.25, -0.2) is 4.39 Å². The van der Waals surface area contributed by atoms with Crippen molar-refractivity contribution in [2.45, 2.75) is 44.2 Å². The molecule has 1 amide bonds.